The monoisotopic (exact) mass is 435 g/mol. The van der Waals surface area contributed by atoms with E-state index in [2.05, 4.69) is 10.3 Å². The summed E-state index contributed by atoms with van der Waals surface area (Å²) in [6.07, 6.45) is -1.68. The van der Waals surface area contributed by atoms with Crippen molar-refractivity contribution in [2.75, 3.05) is 11.4 Å². The van der Waals surface area contributed by atoms with Crippen molar-refractivity contribution in [3.8, 4) is 0 Å². The first-order valence-corrected chi connectivity index (χ1v) is 10.1. The minimum atomic E-state index is -4.64. The fourth-order valence-electron chi connectivity index (χ4n) is 4.60. The second-order valence-corrected chi connectivity index (χ2v) is 8.14. The maximum Gasteiger partial charge on any atom is 0.433 e. The molecule has 1 spiro atoms. The number of nitrogens with one attached hydrogen (secondary N) is 1. The largest absolute Gasteiger partial charge is 0.433 e. The standard InChI is InChI=1S/C22H21F4N3O2/c23-14-4-1-6-16(12-14)29-11-10-21(20(29)31)9-3-5-15(13-21)27-19(30)17-7-2-8-18(28-17)22(24,25)26/h1-2,4,6-8,12,15H,3,5,9-11,13H2,(H,27,30)/t15-,21-/m0/s1. The van der Waals surface area contributed by atoms with Gasteiger partial charge in [-0.25, -0.2) is 9.37 Å². The summed E-state index contributed by atoms with van der Waals surface area (Å²) in [7, 11) is 0. The summed E-state index contributed by atoms with van der Waals surface area (Å²) in [6.45, 7) is 0.456. The predicted molar refractivity (Wildman–Crippen MR) is 105 cm³/mol. The van der Waals surface area contributed by atoms with Gasteiger partial charge < -0.3 is 10.2 Å². The Hall–Kier alpha value is -2.97. The highest BCUT2D eigenvalue weighted by molar-refractivity contribution is 6.00. The number of halogens is 4. The summed E-state index contributed by atoms with van der Waals surface area (Å²) < 4.78 is 52.2. The first kappa shape index (κ1) is 21.3. The zero-order valence-corrected chi connectivity index (χ0v) is 16.6. The van der Waals surface area contributed by atoms with Gasteiger partial charge in [0.1, 0.15) is 17.2 Å². The molecule has 2 aliphatic rings. The quantitative estimate of drug-likeness (QED) is 0.730. The molecule has 1 saturated carbocycles. The Labute approximate surface area is 176 Å². The Kier molecular flexibility index (Phi) is 5.45. The fourth-order valence-corrected chi connectivity index (χ4v) is 4.60. The van der Waals surface area contributed by atoms with Gasteiger partial charge in [-0.3, -0.25) is 9.59 Å². The van der Waals surface area contributed by atoms with Gasteiger partial charge in [0.2, 0.25) is 5.91 Å². The van der Waals surface area contributed by atoms with Gasteiger partial charge >= 0.3 is 6.18 Å². The van der Waals surface area contributed by atoms with Crippen molar-refractivity contribution in [2.45, 2.75) is 44.3 Å². The molecule has 1 aliphatic heterocycles. The second-order valence-electron chi connectivity index (χ2n) is 8.14. The van der Waals surface area contributed by atoms with Crippen LogP contribution < -0.4 is 10.2 Å². The van der Waals surface area contributed by atoms with E-state index in [0.29, 0.717) is 44.3 Å². The highest BCUT2D eigenvalue weighted by Crippen LogP contribution is 2.46. The number of anilines is 1. The summed E-state index contributed by atoms with van der Waals surface area (Å²) in [5, 5.41) is 2.75. The molecule has 164 valence electrons. The molecule has 2 fully saturated rings. The number of aromatic nitrogens is 1. The van der Waals surface area contributed by atoms with E-state index < -0.39 is 29.0 Å². The Morgan fingerprint density at radius 2 is 1.94 bits per heavy atom. The average molecular weight is 435 g/mol. The molecule has 0 bridgehead atoms. The Morgan fingerprint density at radius 3 is 2.68 bits per heavy atom. The molecule has 1 aliphatic carbocycles. The third-order valence-electron chi connectivity index (χ3n) is 6.09. The molecule has 1 aromatic heterocycles. The zero-order valence-electron chi connectivity index (χ0n) is 16.6. The molecule has 1 aromatic carbocycles. The van der Waals surface area contributed by atoms with E-state index in [4.69, 9.17) is 0 Å². The molecule has 2 heterocycles. The minimum Gasteiger partial charge on any atom is -0.348 e. The van der Waals surface area contributed by atoms with Crippen LogP contribution in [-0.2, 0) is 11.0 Å². The van der Waals surface area contributed by atoms with Crippen LogP contribution in [-0.4, -0.2) is 29.4 Å². The molecule has 9 heteroatoms. The van der Waals surface area contributed by atoms with Crippen molar-refractivity contribution >= 4 is 17.5 Å². The lowest BCUT2D eigenvalue weighted by molar-refractivity contribution is -0.141. The van der Waals surface area contributed by atoms with Crippen molar-refractivity contribution in [2.24, 2.45) is 5.41 Å². The highest BCUT2D eigenvalue weighted by atomic mass is 19.4. The maximum atomic E-state index is 13.6. The molecule has 1 saturated heterocycles. The summed E-state index contributed by atoms with van der Waals surface area (Å²) >= 11 is 0. The Bertz CT molecular complexity index is 1010. The van der Waals surface area contributed by atoms with Gasteiger partial charge in [0.05, 0.1) is 5.41 Å². The van der Waals surface area contributed by atoms with E-state index in [0.717, 1.165) is 12.1 Å². The number of carbonyl (C=O) groups excluding carboxylic acids is 2. The topological polar surface area (TPSA) is 62.3 Å². The fraction of sp³-hybridized carbons (Fsp3) is 0.409. The summed E-state index contributed by atoms with van der Waals surface area (Å²) in [5.41, 5.74) is -1.60. The molecule has 5 nitrogen and oxygen atoms in total. The third-order valence-corrected chi connectivity index (χ3v) is 6.09. The van der Waals surface area contributed by atoms with Gasteiger partial charge in [-0.2, -0.15) is 13.2 Å². The van der Waals surface area contributed by atoms with Gasteiger partial charge in [-0.05, 0) is 56.0 Å². The van der Waals surface area contributed by atoms with Gasteiger partial charge in [-0.1, -0.05) is 18.6 Å². The molecule has 2 atom stereocenters. The Balaban J connectivity index is 1.47. The third kappa shape index (κ3) is 4.26. The molecule has 4 rings (SSSR count). The van der Waals surface area contributed by atoms with Gasteiger partial charge in [0, 0.05) is 18.3 Å². The van der Waals surface area contributed by atoms with E-state index in [1.807, 2.05) is 0 Å². The van der Waals surface area contributed by atoms with E-state index >= 15 is 0 Å². The molecular formula is C22H21F4N3O2. The molecule has 2 amide bonds. The van der Waals surface area contributed by atoms with Crippen LogP contribution in [0.1, 0.15) is 48.3 Å². The predicted octanol–water partition coefficient (Wildman–Crippen LogP) is 4.34. The summed E-state index contributed by atoms with van der Waals surface area (Å²) in [6, 6.07) is 8.70. The first-order valence-electron chi connectivity index (χ1n) is 10.1. The van der Waals surface area contributed by atoms with E-state index in [-0.39, 0.29) is 17.6 Å². The van der Waals surface area contributed by atoms with Crippen molar-refractivity contribution in [1.29, 1.82) is 0 Å². The number of pyridine rings is 1. The molecule has 31 heavy (non-hydrogen) atoms. The molecular weight excluding hydrogens is 414 g/mol. The number of carbonyl (C=O) groups is 2. The highest BCUT2D eigenvalue weighted by Gasteiger charge is 2.49. The SMILES string of the molecule is O=C(N[C@H]1CCC[C@]2(CCN(c3cccc(F)c3)C2=O)C1)c1cccc(C(F)(F)F)n1. The van der Waals surface area contributed by atoms with Gasteiger partial charge in [-0.15, -0.1) is 0 Å². The number of hydrogen-bond acceptors (Lipinski definition) is 3. The normalized spacial score (nSPS) is 23.9. The van der Waals surface area contributed by atoms with Crippen LogP contribution in [0.4, 0.5) is 23.2 Å². The van der Waals surface area contributed by atoms with Crippen LogP contribution in [0.3, 0.4) is 0 Å². The van der Waals surface area contributed by atoms with Crippen LogP contribution in [0, 0.1) is 11.2 Å². The van der Waals surface area contributed by atoms with Gasteiger partial charge in [0.15, 0.2) is 0 Å². The molecule has 1 N–H and O–H groups in total. The van der Waals surface area contributed by atoms with Gasteiger partial charge in [0.25, 0.3) is 5.91 Å². The van der Waals surface area contributed by atoms with E-state index in [1.54, 1.807) is 17.0 Å². The Morgan fingerprint density at radius 1 is 1.16 bits per heavy atom. The van der Waals surface area contributed by atoms with Crippen LogP contribution in [0.15, 0.2) is 42.5 Å². The van der Waals surface area contributed by atoms with Crippen LogP contribution >= 0.6 is 0 Å². The number of hydrogen-bond donors (Lipinski definition) is 1. The number of nitrogens with zero attached hydrogens (tertiary/aromatic N) is 2. The lowest BCUT2D eigenvalue weighted by Gasteiger charge is -2.36. The van der Waals surface area contributed by atoms with E-state index in [1.165, 1.54) is 18.2 Å². The first-order chi connectivity index (χ1) is 14.7. The smallest absolute Gasteiger partial charge is 0.348 e. The minimum absolute atomic E-state index is 0.103. The van der Waals surface area contributed by atoms with Crippen molar-refractivity contribution in [1.82, 2.24) is 10.3 Å². The van der Waals surface area contributed by atoms with Crippen molar-refractivity contribution < 1.29 is 27.2 Å². The molecule has 0 unspecified atom stereocenters. The van der Waals surface area contributed by atoms with Crippen molar-refractivity contribution in [3.63, 3.8) is 0 Å². The lowest BCUT2D eigenvalue weighted by atomic mass is 9.71. The van der Waals surface area contributed by atoms with Crippen LogP contribution in [0.25, 0.3) is 0 Å². The number of benzene rings is 1. The average Bonchev–Trinajstić information content (AvgIpc) is 3.03. The molecule has 0 radical (unpaired) electrons. The molecule has 2 aromatic rings. The van der Waals surface area contributed by atoms with Crippen LogP contribution in [0.5, 0.6) is 0 Å². The summed E-state index contributed by atoms with van der Waals surface area (Å²) in [5.74, 6) is -1.22. The lowest BCUT2D eigenvalue weighted by Crippen LogP contribution is -2.46. The van der Waals surface area contributed by atoms with Crippen molar-refractivity contribution in [3.05, 3.63) is 59.7 Å². The second kappa shape index (κ2) is 7.94. The summed E-state index contributed by atoms with van der Waals surface area (Å²) in [4.78, 5) is 30.7. The number of alkyl halides is 3. The number of rotatable bonds is 3. The van der Waals surface area contributed by atoms with E-state index in [9.17, 15) is 27.2 Å². The van der Waals surface area contributed by atoms with Crippen LogP contribution in [0.2, 0.25) is 0 Å². The number of amides is 2. The maximum absolute atomic E-state index is 13.6. The zero-order chi connectivity index (χ0) is 22.2.